The molecular formula is C22H32N4O3. The fraction of sp³-hybridized carbons (Fsp3) is 0.409. The summed E-state index contributed by atoms with van der Waals surface area (Å²) in [6.07, 6.45) is 0. The minimum Gasteiger partial charge on any atom is -0.493 e. The highest BCUT2D eigenvalue weighted by atomic mass is 16.5. The Kier molecular flexibility index (Phi) is 9.11. The van der Waals surface area contributed by atoms with Crippen molar-refractivity contribution in [2.45, 2.75) is 13.5 Å². The number of methoxy groups -OCH3 is 1. The van der Waals surface area contributed by atoms with Gasteiger partial charge in [0.1, 0.15) is 12.4 Å². The van der Waals surface area contributed by atoms with Crippen molar-refractivity contribution < 1.29 is 14.2 Å². The van der Waals surface area contributed by atoms with Gasteiger partial charge in [0.25, 0.3) is 0 Å². The van der Waals surface area contributed by atoms with Crippen LogP contribution in [0.2, 0.25) is 0 Å². The zero-order valence-corrected chi connectivity index (χ0v) is 18.0. The van der Waals surface area contributed by atoms with Crippen LogP contribution < -0.4 is 24.8 Å². The monoisotopic (exact) mass is 400 g/mol. The maximum Gasteiger partial charge on any atom is 0.195 e. The highest BCUT2D eigenvalue weighted by Crippen LogP contribution is 2.30. The van der Waals surface area contributed by atoms with Gasteiger partial charge in [0, 0.05) is 31.9 Å². The molecule has 0 aliphatic rings. The lowest BCUT2D eigenvalue weighted by Gasteiger charge is -2.15. The predicted octanol–water partition coefficient (Wildman–Crippen LogP) is 3.22. The summed E-state index contributed by atoms with van der Waals surface area (Å²) in [7, 11) is 7.43. The largest absolute Gasteiger partial charge is 0.493 e. The highest BCUT2D eigenvalue weighted by molar-refractivity contribution is 5.93. The molecule has 29 heavy (non-hydrogen) atoms. The van der Waals surface area contributed by atoms with Crippen LogP contribution in [0.25, 0.3) is 0 Å². The minimum absolute atomic E-state index is 0.569. The summed E-state index contributed by atoms with van der Waals surface area (Å²) in [6, 6.07) is 13.8. The van der Waals surface area contributed by atoms with Crippen LogP contribution in [-0.2, 0) is 6.54 Å². The number of hydrogen-bond acceptors (Lipinski definition) is 5. The van der Waals surface area contributed by atoms with Crippen LogP contribution in [0.5, 0.6) is 17.2 Å². The summed E-state index contributed by atoms with van der Waals surface area (Å²) in [4.78, 5) is 6.39. The summed E-state index contributed by atoms with van der Waals surface area (Å²) in [5.74, 6) is 2.92. The molecule has 0 heterocycles. The summed E-state index contributed by atoms with van der Waals surface area (Å²) in [6.45, 7) is 4.68. The van der Waals surface area contributed by atoms with Gasteiger partial charge in [-0.3, -0.25) is 4.99 Å². The second-order valence-electron chi connectivity index (χ2n) is 6.65. The summed E-state index contributed by atoms with van der Waals surface area (Å²) in [5.41, 5.74) is 1.98. The zero-order chi connectivity index (χ0) is 21.1. The van der Waals surface area contributed by atoms with Crippen molar-refractivity contribution >= 4 is 11.6 Å². The third-order valence-electron chi connectivity index (χ3n) is 4.12. The highest BCUT2D eigenvalue weighted by Gasteiger charge is 2.07. The Morgan fingerprint density at radius 2 is 1.90 bits per heavy atom. The average molecular weight is 401 g/mol. The molecule has 0 amide bonds. The first-order valence-electron chi connectivity index (χ1n) is 9.70. The van der Waals surface area contributed by atoms with Crippen molar-refractivity contribution in [3.8, 4) is 17.2 Å². The molecule has 7 heteroatoms. The minimum atomic E-state index is 0.569. The second-order valence-corrected chi connectivity index (χ2v) is 6.65. The van der Waals surface area contributed by atoms with E-state index >= 15 is 0 Å². The molecule has 0 saturated carbocycles. The van der Waals surface area contributed by atoms with Crippen LogP contribution in [0.4, 0.5) is 5.69 Å². The van der Waals surface area contributed by atoms with Crippen molar-refractivity contribution in [2.24, 2.45) is 4.99 Å². The van der Waals surface area contributed by atoms with Crippen LogP contribution in [0.1, 0.15) is 12.5 Å². The molecule has 2 rings (SSSR count). The van der Waals surface area contributed by atoms with E-state index in [0.717, 1.165) is 23.5 Å². The molecule has 2 aromatic rings. The first-order valence-corrected chi connectivity index (χ1v) is 9.70. The van der Waals surface area contributed by atoms with Crippen LogP contribution in [-0.4, -0.2) is 58.9 Å². The maximum atomic E-state index is 5.80. The van der Waals surface area contributed by atoms with Gasteiger partial charge in [-0.25, -0.2) is 0 Å². The number of anilines is 1. The zero-order valence-electron chi connectivity index (χ0n) is 18.0. The number of likely N-dealkylation sites (N-methyl/N-ethyl adjacent to an activating group) is 1. The normalized spacial score (nSPS) is 11.3. The molecular weight excluding hydrogens is 368 g/mol. The standard InChI is InChI=1S/C22H32N4O3/c1-6-28-21-15-18(10-11-20(21)27-5)25-22(23-2)24-16-17-8-7-9-19(14-17)29-13-12-26(3)4/h7-11,14-15H,6,12-13,16H2,1-5H3,(H2,23,24,25). The molecule has 0 unspecified atom stereocenters. The Balaban J connectivity index is 1.95. The van der Waals surface area contributed by atoms with Crippen molar-refractivity contribution in [1.82, 2.24) is 10.2 Å². The van der Waals surface area contributed by atoms with E-state index in [-0.39, 0.29) is 0 Å². The summed E-state index contributed by atoms with van der Waals surface area (Å²) >= 11 is 0. The Bertz CT molecular complexity index is 793. The number of nitrogens with zero attached hydrogens (tertiary/aromatic N) is 2. The van der Waals surface area contributed by atoms with Crippen molar-refractivity contribution in [1.29, 1.82) is 0 Å². The number of ether oxygens (including phenoxy) is 3. The fourth-order valence-corrected chi connectivity index (χ4v) is 2.62. The maximum absolute atomic E-state index is 5.80. The van der Waals surface area contributed by atoms with Gasteiger partial charge >= 0.3 is 0 Å². The molecule has 0 aromatic heterocycles. The lowest BCUT2D eigenvalue weighted by Crippen LogP contribution is -2.30. The Labute approximate surface area is 173 Å². The lowest BCUT2D eigenvalue weighted by atomic mass is 10.2. The van der Waals surface area contributed by atoms with Crippen LogP contribution >= 0.6 is 0 Å². The Morgan fingerprint density at radius 1 is 1.07 bits per heavy atom. The van der Waals surface area contributed by atoms with Crippen LogP contribution in [0, 0.1) is 0 Å². The molecule has 0 radical (unpaired) electrons. The SMILES string of the molecule is CCOc1cc(NC(=NC)NCc2cccc(OCCN(C)C)c2)ccc1OC. The smallest absolute Gasteiger partial charge is 0.195 e. The molecule has 0 aliphatic carbocycles. The molecule has 2 aromatic carbocycles. The summed E-state index contributed by atoms with van der Waals surface area (Å²) < 4.78 is 16.8. The molecule has 0 spiro atoms. The Hall–Kier alpha value is -2.93. The molecule has 7 nitrogen and oxygen atoms in total. The average Bonchev–Trinajstić information content (AvgIpc) is 2.71. The van der Waals surface area contributed by atoms with Gasteiger partial charge in [-0.05, 0) is 50.8 Å². The molecule has 2 N–H and O–H groups in total. The molecule has 0 saturated heterocycles. The van der Waals surface area contributed by atoms with Gasteiger partial charge in [0.05, 0.1) is 13.7 Å². The van der Waals surface area contributed by atoms with E-state index in [1.165, 1.54) is 0 Å². The first kappa shape index (κ1) is 22.4. The quantitative estimate of drug-likeness (QED) is 0.472. The number of hydrogen-bond donors (Lipinski definition) is 2. The molecule has 0 atom stereocenters. The van der Waals surface area contributed by atoms with E-state index in [1.807, 2.05) is 57.4 Å². The topological polar surface area (TPSA) is 67.3 Å². The van der Waals surface area contributed by atoms with Crippen LogP contribution in [0.3, 0.4) is 0 Å². The number of nitrogens with one attached hydrogen (secondary N) is 2. The van der Waals surface area contributed by atoms with E-state index in [2.05, 4.69) is 26.6 Å². The lowest BCUT2D eigenvalue weighted by molar-refractivity contribution is 0.261. The van der Waals surface area contributed by atoms with Gasteiger partial charge in [-0.2, -0.15) is 0 Å². The first-order chi connectivity index (χ1) is 14.0. The predicted molar refractivity (Wildman–Crippen MR) is 118 cm³/mol. The van der Waals surface area contributed by atoms with Crippen LogP contribution in [0.15, 0.2) is 47.5 Å². The number of rotatable bonds is 10. The Morgan fingerprint density at radius 3 is 2.59 bits per heavy atom. The van der Waals surface area contributed by atoms with E-state index < -0.39 is 0 Å². The molecule has 0 fully saturated rings. The van der Waals surface area contributed by atoms with Crippen molar-refractivity contribution in [3.63, 3.8) is 0 Å². The molecule has 158 valence electrons. The molecule has 0 bridgehead atoms. The second kappa shape index (κ2) is 11.8. The van der Waals surface area contributed by atoms with Crippen molar-refractivity contribution in [2.75, 3.05) is 53.3 Å². The van der Waals surface area contributed by atoms with E-state index in [0.29, 0.717) is 37.2 Å². The van der Waals surface area contributed by atoms with Crippen molar-refractivity contribution in [3.05, 3.63) is 48.0 Å². The van der Waals surface area contributed by atoms with E-state index in [1.54, 1.807) is 14.2 Å². The van der Waals surface area contributed by atoms with Gasteiger partial charge in [0.15, 0.2) is 17.5 Å². The molecule has 0 aliphatic heterocycles. The van der Waals surface area contributed by atoms with E-state index in [4.69, 9.17) is 14.2 Å². The third kappa shape index (κ3) is 7.54. The van der Waals surface area contributed by atoms with Gasteiger partial charge < -0.3 is 29.7 Å². The van der Waals surface area contributed by atoms with Gasteiger partial charge in [-0.15, -0.1) is 0 Å². The number of aliphatic imine (C=N–C) groups is 1. The summed E-state index contributed by atoms with van der Waals surface area (Å²) in [5, 5.41) is 6.60. The number of benzene rings is 2. The van der Waals surface area contributed by atoms with Gasteiger partial charge in [0.2, 0.25) is 0 Å². The van der Waals surface area contributed by atoms with E-state index in [9.17, 15) is 0 Å². The third-order valence-corrected chi connectivity index (χ3v) is 4.12. The fourth-order valence-electron chi connectivity index (χ4n) is 2.62. The number of guanidine groups is 1. The van der Waals surface area contributed by atoms with Gasteiger partial charge in [-0.1, -0.05) is 12.1 Å².